The predicted octanol–water partition coefficient (Wildman–Crippen LogP) is 7.35. The van der Waals surface area contributed by atoms with Gasteiger partial charge in [0.1, 0.15) is 12.6 Å². The molecule has 0 N–H and O–H groups in total. The van der Waals surface area contributed by atoms with E-state index >= 15 is 0 Å². The third-order valence-corrected chi connectivity index (χ3v) is 7.55. The lowest BCUT2D eigenvalue weighted by Gasteiger charge is -2.34. The summed E-state index contributed by atoms with van der Waals surface area (Å²) >= 11 is 0. The molecule has 0 radical (unpaired) electrons. The van der Waals surface area contributed by atoms with E-state index in [9.17, 15) is 19.5 Å². The third kappa shape index (κ3) is 28.9. The minimum atomic E-state index is -1.14. The van der Waals surface area contributed by atoms with Crippen LogP contribution in [-0.4, -0.2) is 75.5 Å². The first-order valence-corrected chi connectivity index (χ1v) is 17.9. The van der Waals surface area contributed by atoms with Crippen molar-refractivity contribution in [3.63, 3.8) is 0 Å². The van der Waals surface area contributed by atoms with Crippen LogP contribution in [-0.2, 0) is 28.6 Å². The van der Waals surface area contributed by atoms with Crippen molar-refractivity contribution in [2.45, 2.75) is 129 Å². The van der Waals surface area contributed by atoms with Crippen LogP contribution >= 0.6 is 0 Å². The molecule has 2 atom stereocenters. The van der Waals surface area contributed by atoms with Gasteiger partial charge in [0.25, 0.3) is 0 Å². The summed E-state index contributed by atoms with van der Waals surface area (Å²) in [6, 6.07) is -0.737. The van der Waals surface area contributed by atoms with Gasteiger partial charge >= 0.3 is 11.9 Å². The number of carboxylic acid groups (broad SMARTS) is 1. The SMILES string of the molecule is CC/C=C/C=C/C=C/C=C/C=C/CCCC(=O)OC(COCCC(C(=O)[O-])[N+](C)(C)C)COC(=O)CCCCCCCCCCCC. The summed E-state index contributed by atoms with van der Waals surface area (Å²) in [5, 5.41) is 11.5. The van der Waals surface area contributed by atoms with Gasteiger partial charge in [0.2, 0.25) is 0 Å². The Kier molecular flexibility index (Phi) is 28.4. The number of quaternary nitrogens is 1. The number of carbonyl (C=O) groups is 3. The molecule has 8 nitrogen and oxygen atoms in total. The van der Waals surface area contributed by atoms with Crippen molar-refractivity contribution in [2.75, 3.05) is 41.0 Å². The van der Waals surface area contributed by atoms with Crippen LogP contribution in [0.3, 0.4) is 0 Å². The second-order valence-electron chi connectivity index (χ2n) is 12.9. The fourth-order valence-corrected chi connectivity index (χ4v) is 4.75. The number of allylic oxidation sites excluding steroid dienone is 10. The average molecular weight is 660 g/mol. The molecule has 0 aromatic heterocycles. The second-order valence-corrected chi connectivity index (χ2v) is 12.9. The molecule has 0 bridgehead atoms. The van der Waals surface area contributed by atoms with Crippen molar-refractivity contribution in [1.29, 1.82) is 0 Å². The normalized spacial score (nSPS) is 13.8. The summed E-state index contributed by atoms with van der Waals surface area (Å²) < 4.78 is 16.9. The smallest absolute Gasteiger partial charge is 0.306 e. The molecule has 0 saturated heterocycles. The van der Waals surface area contributed by atoms with Gasteiger partial charge in [-0.3, -0.25) is 9.59 Å². The molecule has 0 amide bonds. The van der Waals surface area contributed by atoms with E-state index in [-0.39, 0.29) is 49.1 Å². The minimum Gasteiger partial charge on any atom is -0.544 e. The summed E-state index contributed by atoms with van der Waals surface area (Å²) in [7, 11) is 5.36. The molecule has 0 rings (SSSR count). The van der Waals surface area contributed by atoms with Crippen LogP contribution in [0.1, 0.15) is 117 Å². The fraction of sp³-hybridized carbons (Fsp3) is 0.667. The van der Waals surface area contributed by atoms with Crippen LogP contribution in [0.5, 0.6) is 0 Å². The fourth-order valence-electron chi connectivity index (χ4n) is 4.75. The minimum absolute atomic E-state index is 0.0104. The van der Waals surface area contributed by atoms with E-state index < -0.39 is 18.1 Å². The van der Waals surface area contributed by atoms with Crippen LogP contribution in [0.15, 0.2) is 60.8 Å². The van der Waals surface area contributed by atoms with E-state index in [1.54, 1.807) is 21.1 Å². The Balaban J connectivity index is 4.62. The first kappa shape index (κ1) is 44.0. The number of unbranched alkanes of at least 4 members (excludes halogenated alkanes) is 10. The Bertz CT molecular complexity index is 959. The zero-order chi connectivity index (χ0) is 35.0. The lowest BCUT2D eigenvalue weighted by atomic mass is 10.1. The van der Waals surface area contributed by atoms with Crippen molar-refractivity contribution >= 4 is 17.9 Å². The average Bonchev–Trinajstić information content (AvgIpc) is 3.01. The van der Waals surface area contributed by atoms with E-state index in [0.717, 1.165) is 32.1 Å². The maximum atomic E-state index is 12.6. The number of carbonyl (C=O) groups excluding carboxylic acids is 3. The molecule has 0 aromatic rings. The van der Waals surface area contributed by atoms with Crippen molar-refractivity contribution in [1.82, 2.24) is 0 Å². The van der Waals surface area contributed by atoms with Gasteiger partial charge in [-0.1, -0.05) is 132 Å². The number of nitrogens with zero attached hydrogens (tertiary/aromatic N) is 1. The summed E-state index contributed by atoms with van der Waals surface area (Å²) in [6.07, 6.45) is 34.0. The van der Waals surface area contributed by atoms with Crippen LogP contribution in [0.2, 0.25) is 0 Å². The Morgan fingerprint density at radius 1 is 0.660 bits per heavy atom. The van der Waals surface area contributed by atoms with Crippen LogP contribution in [0.4, 0.5) is 0 Å². The highest BCUT2D eigenvalue weighted by Crippen LogP contribution is 2.12. The van der Waals surface area contributed by atoms with E-state index in [4.69, 9.17) is 14.2 Å². The molecular weight excluding hydrogens is 594 g/mol. The Morgan fingerprint density at radius 3 is 1.74 bits per heavy atom. The maximum absolute atomic E-state index is 12.6. The summed E-state index contributed by atoms with van der Waals surface area (Å²) in [4.78, 5) is 36.5. The molecule has 0 spiro atoms. The van der Waals surface area contributed by atoms with Gasteiger partial charge < -0.3 is 28.6 Å². The van der Waals surface area contributed by atoms with Crippen molar-refractivity contribution in [2.24, 2.45) is 0 Å². The highest BCUT2D eigenvalue weighted by Gasteiger charge is 2.25. The predicted molar refractivity (Wildman–Crippen MR) is 189 cm³/mol. The molecule has 0 heterocycles. The quantitative estimate of drug-likeness (QED) is 0.0344. The van der Waals surface area contributed by atoms with E-state index in [2.05, 4.69) is 19.9 Å². The van der Waals surface area contributed by atoms with Gasteiger partial charge in [-0.2, -0.15) is 0 Å². The van der Waals surface area contributed by atoms with E-state index in [0.29, 0.717) is 12.8 Å². The number of aliphatic carboxylic acids is 1. The molecule has 0 aliphatic heterocycles. The molecule has 8 heteroatoms. The van der Waals surface area contributed by atoms with Gasteiger partial charge in [0.05, 0.1) is 40.3 Å². The molecule has 0 saturated carbocycles. The van der Waals surface area contributed by atoms with Gasteiger partial charge in [-0.15, -0.1) is 0 Å². The van der Waals surface area contributed by atoms with Gasteiger partial charge in [0.15, 0.2) is 6.10 Å². The highest BCUT2D eigenvalue weighted by molar-refractivity contribution is 5.70. The van der Waals surface area contributed by atoms with Crippen molar-refractivity contribution < 1.29 is 38.2 Å². The summed E-state index contributed by atoms with van der Waals surface area (Å²) in [5.41, 5.74) is 0. The molecule has 0 aliphatic carbocycles. The first-order valence-electron chi connectivity index (χ1n) is 17.9. The number of hydrogen-bond donors (Lipinski definition) is 0. The molecular formula is C39H65NO7. The van der Waals surface area contributed by atoms with Gasteiger partial charge in [-0.25, -0.2) is 0 Å². The molecule has 0 aliphatic rings. The standard InChI is InChI=1S/C39H65NO7/c1-6-8-10-12-14-16-18-19-20-22-24-26-28-30-38(42)47-35(33-45-32-31-36(39(43)44)40(3,4)5)34-46-37(41)29-27-25-23-21-17-15-13-11-9-7-2/h8,10,12,14,16,18-20,22,24,35-36H,6-7,9,11,13,15,17,21,23,25-34H2,1-5H3/b10-8+,14-12+,18-16+,20-19+,24-22+. The molecule has 2 unspecified atom stereocenters. The number of esters is 2. The second kappa shape index (κ2) is 30.4. The Hall–Kier alpha value is -2.97. The first-order chi connectivity index (χ1) is 22.6. The van der Waals surface area contributed by atoms with Crippen molar-refractivity contribution in [3.8, 4) is 0 Å². The molecule has 0 fully saturated rings. The number of hydrogen-bond acceptors (Lipinski definition) is 7. The third-order valence-electron chi connectivity index (χ3n) is 7.55. The Labute approximate surface area is 286 Å². The van der Waals surface area contributed by atoms with Gasteiger partial charge in [-0.05, 0) is 25.7 Å². The van der Waals surface area contributed by atoms with Crippen LogP contribution < -0.4 is 5.11 Å². The number of rotatable bonds is 30. The van der Waals surface area contributed by atoms with E-state index in [1.807, 2.05) is 54.7 Å². The molecule has 47 heavy (non-hydrogen) atoms. The van der Waals surface area contributed by atoms with Crippen molar-refractivity contribution in [3.05, 3.63) is 60.8 Å². The largest absolute Gasteiger partial charge is 0.544 e. The summed E-state index contributed by atoms with van der Waals surface area (Å²) in [5.74, 6) is -1.84. The highest BCUT2D eigenvalue weighted by atomic mass is 16.6. The Morgan fingerprint density at radius 2 is 1.19 bits per heavy atom. The maximum Gasteiger partial charge on any atom is 0.306 e. The lowest BCUT2D eigenvalue weighted by molar-refractivity contribution is -0.889. The lowest BCUT2D eigenvalue weighted by Crippen LogP contribution is -2.55. The topological polar surface area (TPSA) is 102 Å². The number of ether oxygens (including phenoxy) is 3. The van der Waals surface area contributed by atoms with Gasteiger partial charge in [0, 0.05) is 19.3 Å². The number of likely N-dealkylation sites (N-methyl/N-ethyl adjacent to an activating group) is 1. The van der Waals surface area contributed by atoms with E-state index in [1.165, 1.54) is 44.9 Å². The zero-order valence-corrected chi connectivity index (χ0v) is 30.2. The zero-order valence-electron chi connectivity index (χ0n) is 30.2. The van der Waals surface area contributed by atoms with Crippen LogP contribution in [0.25, 0.3) is 0 Å². The number of carboxylic acids is 1. The van der Waals surface area contributed by atoms with Crippen LogP contribution in [0, 0.1) is 0 Å². The summed E-state index contributed by atoms with van der Waals surface area (Å²) in [6.45, 7) is 4.39. The molecule has 0 aromatic carbocycles. The molecule has 268 valence electrons. The monoisotopic (exact) mass is 659 g/mol.